The van der Waals surface area contributed by atoms with Crippen LogP contribution in [0.25, 0.3) is 10.2 Å². The first-order valence-corrected chi connectivity index (χ1v) is 10.6. The predicted octanol–water partition coefficient (Wildman–Crippen LogP) is 2.22. The van der Waals surface area contributed by atoms with Crippen molar-refractivity contribution in [3.63, 3.8) is 0 Å². The molecular weight excluding hydrogens is 378 g/mol. The zero-order valence-corrected chi connectivity index (χ0v) is 17.9. The summed E-state index contributed by atoms with van der Waals surface area (Å²) in [5, 5.41) is 0.691. The number of rotatable bonds is 8. The Morgan fingerprint density at radius 2 is 2.14 bits per heavy atom. The lowest BCUT2D eigenvalue weighted by Crippen LogP contribution is -2.32. The Balaban J connectivity index is 1.95. The molecule has 2 aromatic heterocycles. The first-order valence-electron chi connectivity index (χ1n) is 9.82. The molecule has 0 bridgehead atoms. The molecule has 8 heteroatoms. The molecule has 154 valence electrons. The van der Waals surface area contributed by atoms with Crippen molar-refractivity contribution in [3.05, 3.63) is 26.6 Å². The molecule has 1 aliphatic rings. The molecule has 1 atom stereocenters. The fourth-order valence-electron chi connectivity index (χ4n) is 3.57. The molecule has 2 aromatic rings. The van der Waals surface area contributed by atoms with Crippen LogP contribution in [0.3, 0.4) is 0 Å². The SMILES string of the molecule is CCOCCOC(=O)Cn1c(CN(C)C)nc2sc3c(c2c1=O)CCC(C)C3. The summed E-state index contributed by atoms with van der Waals surface area (Å²) in [5.41, 5.74) is 1.00. The maximum Gasteiger partial charge on any atom is 0.326 e. The van der Waals surface area contributed by atoms with Gasteiger partial charge in [0, 0.05) is 11.5 Å². The molecule has 0 spiro atoms. The largest absolute Gasteiger partial charge is 0.462 e. The number of thiophene rings is 1. The van der Waals surface area contributed by atoms with Crippen molar-refractivity contribution in [2.45, 2.75) is 46.2 Å². The minimum Gasteiger partial charge on any atom is -0.462 e. The fourth-order valence-corrected chi connectivity index (χ4v) is 4.96. The minimum atomic E-state index is -0.444. The van der Waals surface area contributed by atoms with Crippen LogP contribution < -0.4 is 5.56 Å². The molecule has 0 aromatic carbocycles. The summed E-state index contributed by atoms with van der Waals surface area (Å²) < 4.78 is 11.9. The second kappa shape index (κ2) is 9.15. The van der Waals surface area contributed by atoms with Gasteiger partial charge in [-0.25, -0.2) is 4.98 Å². The Hall–Kier alpha value is -1.77. The zero-order chi connectivity index (χ0) is 20.3. The van der Waals surface area contributed by atoms with E-state index < -0.39 is 5.97 Å². The highest BCUT2D eigenvalue weighted by atomic mass is 32.1. The summed E-state index contributed by atoms with van der Waals surface area (Å²) in [5.74, 6) is 0.779. The zero-order valence-electron chi connectivity index (χ0n) is 17.1. The third-order valence-corrected chi connectivity index (χ3v) is 6.08. The van der Waals surface area contributed by atoms with E-state index in [0.717, 1.165) is 29.7 Å². The van der Waals surface area contributed by atoms with Gasteiger partial charge in [-0.3, -0.25) is 14.2 Å². The van der Waals surface area contributed by atoms with Gasteiger partial charge in [-0.15, -0.1) is 11.3 Å². The number of nitrogens with zero attached hydrogens (tertiary/aromatic N) is 3. The molecule has 0 saturated carbocycles. The van der Waals surface area contributed by atoms with Crippen LogP contribution >= 0.6 is 11.3 Å². The molecule has 0 radical (unpaired) electrons. The van der Waals surface area contributed by atoms with Gasteiger partial charge in [0.2, 0.25) is 0 Å². The smallest absolute Gasteiger partial charge is 0.326 e. The standard InChI is InChI=1S/C20H29N3O4S/c1-5-26-8-9-27-17(24)12-23-16(11-22(3)4)21-19-18(20(23)25)14-7-6-13(2)10-15(14)28-19/h13H,5-12H2,1-4H3. The van der Waals surface area contributed by atoms with Crippen molar-refractivity contribution in [1.29, 1.82) is 0 Å². The summed E-state index contributed by atoms with van der Waals surface area (Å²) in [4.78, 5) is 34.4. The van der Waals surface area contributed by atoms with Gasteiger partial charge >= 0.3 is 5.97 Å². The van der Waals surface area contributed by atoms with E-state index in [1.54, 1.807) is 11.3 Å². The lowest BCUT2D eigenvalue weighted by molar-refractivity contribution is -0.146. The highest BCUT2D eigenvalue weighted by Gasteiger charge is 2.25. The molecule has 0 aliphatic heterocycles. The number of carbonyl (C=O) groups is 1. The Morgan fingerprint density at radius 1 is 1.36 bits per heavy atom. The van der Waals surface area contributed by atoms with Crippen molar-refractivity contribution >= 4 is 27.5 Å². The summed E-state index contributed by atoms with van der Waals surface area (Å²) in [6, 6.07) is 0. The molecule has 1 unspecified atom stereocenters. The Labute approximate surface area is 169 Å². The van der Waals surface area contributed by atoms with Crippen LogP contribution in [0.4, 0.5) is 0 Å². The van der Waals surface area contributed by atoms with E-state index in [4.69, 9.17) is 14.5 Å². The third-order valence-electron chi connectivity index (χ3n) is 4.93. The van der Waals surface area contributed by atoms with Crippen molar-refractivity contribution < 1.29 is 14.3 Å². The second-order valence-corrected chi connectivity index (χ2v) is 8.69. The lowest BCUT2D eigenvalue weighted by Gasteiger charge is -2.18. The van der Waals surface area contributed by atoms with E-state index >= 15 is 0 Å². The van der Waals surface area contributed by atoms with Gasteiger partial charge < -0.3 is 14.4 Å². The molecule has 0 fully saturated rings. The number of fused-ring (bicyclic) bond motifs is 3. The average Bonchev–Trinajstić information content (AvgIpc) is 2.98. The highest BCUT2D eigenvalue weighted by Crippen LogP contribution is 2.35. The van der Waals surface area contributed by atoms with E-state index in [1.165, 1.54) is 9.44 Å². The molecular formula is C20H29N3O4S. The first-order chi connectivity index (χ1) is 13.4. The van der Waals surface area contributed by atoms with Gasteiger partial charge in [0.1, 0.15) is 23.8 Å². The number of aromatic nitrogens is 2. The van der Waals surface area contributed by atoms with Crippen LogP contribution in [-0.2, 0) is 40.2 Å². The van der Waals surface area contributed by atoms with E-state index in [1.807, 2.05) is 25.9 Å². The molecule has 0 saturated heterocycles. The van der Waals surface area contributed by atoms with Gasteiger partial charge in [-0.2, -0.15) is 0 Å². The molecule has 0 amide bonds. The van der Waals surface area contributed by atoms with Gasteiger partial charge in [0.05, 0.1) is 18.5 Å². The fraction of sp³-hybridized carbons (Fsp3) is 0.650. The number of aryl methyl sites for hydroxylation is 1. The van der Waals surface area contributed by atoms with Crippen LogP contribution in [0.1, 0.15) is 36.5 Å². The number of ether oxygens (including phenoxy) is 2. The Bertz CT molecular complexity index is 903. The quantitative estimate of drug-likeness (QED) is 0.494. The third kappa shape index (κ3) is 4.61. The van der Waals surface area contributed by atoms with Crippen LogP contribution in [0.5, 0.6) is 0 Å². The Morgan fingerprint density at radius 3 is 2.86 bits per heavy atom. The van der Waals surface area contributed by atoms with Crippen molar-refractivity contribution in [2.75, 3.05) is 33.9 Å². The van der Waals surface area contributed by atoms with Crippen molar-refractivity contribution in [3.8, 4) is 0 Å². The summed E-state index contributed by atoms with van der Waals surface area (Å²) in [6.07, 6.45) is 2.98. The van der Waals surface area contributed by atoms with Gasteiger partial charge in [0.15, 0.2) is 0 Å². The second-order valence-electron chi connectivity index (χ2n) is 7.61. The van der Waals surface area contributed by atoms with E-state index in [2.05, 4.69) is 6.92 Å². The summed E-state index contributed by atoms with van der Waals surface area (Å²) >= 11 is 1.63. The topological polar surface area (TPSA) is 73.7 Å². The van der Waals surface area contributed by atoms with Crippen molar-refractivity contribution in [1.82, 2.24) is 14.5 Å². The molecule has 28 heavy (non-hydrogen) atoms. The van der Waals surface area contributed by atoms with Crippen LogP contribution in [-0.4, -0.2) is 54.3 Å². The monoisotopic (exact) mass is 407 g/mol. The number of hydrogen-bond donors (Lipinski definition) is 0. The molecule has 7 nitrogen and oxygen atoms in total. The van der Waals surface area contributed by atoms with E-state index in [9.17, 15) is 9.59 Å². The average molecular weight is 408 g/mol. The van der Waals surface area contributed by atoms with Crippen molar-refractivity contribution in [2.24, 2.45) is 5.92 Å². The predicted molar refractivity (Wildman–Crippen MR) is 110 cm³/mol. The maximum atomic E-state index is 13.3. The van der Waals surface area contributed by atoms with E-state index in [0.29, 0.717) is 36.9 Å². The maximum absolute atomic E-state index is 13.3. The minimum absolute atomic E-state index is 0.127. The lowest BCUT2D eigenvalue weighted by atomic mass is 9.89. The number of carbonyl (C=O) groups excluding carboxylic acids is 1. The van der Waals surface area contributed by atoms with Gasteiger partial charge in [-0.05, 0) is 51.8 Å². The van der Waals surface area contributed by atoms with Gasteiger partial charge in [0.25, 0.3) is 5.56 Å². The van der Waals surface area contributed by atoms with Crippen LogP contribution in [0.15, 0.2) is 4.79 Å². The summed E-state index contributed by atoms with van der Waals surface area (Å²) in [7, 11) is 3.84. The summed E-state index contributed by atoms with van der Waals surface area (Å²) in [6.45, 7) is 5.61. The molecule has 1 aliphatic carbocycles. The molecule has 0 N–H and O–H groups in total. The number of hydrogen-bond acceptors (Lipinski definition) is 7. The van der Waals surface area contributed by atoms with Crippen LogP contribution in [0.2, 0.25) is 0 Å². The normalized spacial score (nSPS) is 16.5. The first kappa shape index (κ1) is 21.0. The van der Waals surface area contributed by atoms with E-state index in [-0.39, 0.29) is 18.7 Å². The number of esters is 1. The Kier molecular flexibility index (Phi) is 6.85. The van der Waals surface area contributed by atoms with Gasteiger partial charge in [-0.1, -0.05) is 6.92 Å². The highest BCUT2D eigenvalue weighted by molar-refractivity contribution is 7.18. The molecule has 2 heterocycles. The van der Waals surface area contributed by atoms with Crippen LogP contribution in [0, 0.1) is 5.92 Å². The molecule has 3 rings (SSSR count).